The zero-order chi connectivity index (χ0) is 13.7. The molecular weight excluding hydrogens is 239 g/mol. The minimum Gasteiger partial charge on any atom is -0.317 e. The van der Waals surface area contributed by atoms with E-state index in [9.17, 15) is 4.39 Å². The molecule has 1 aliphatic rings. The standard InChI is InChI=1S/C16H25FN2/c1-13(15-5-3-4-6-16(15)17)19(2)12-9-14-7-10-18-11-8-14/h3-6,13-14,18H,7-12H2,1-2H3. The van der Waals surface area contributed by atoms with E-state index in [2.05, 4.69) is 24.2 Å². The van der Waals surface area contributed by atoms with E-state index < -0.39 is 0 Å². The maximum Gasteiger partial charge on any atom is 0.127 e. The van der Waals surface area contributed by atoms with E-state index in [1.807, 2.05) is 12.1 Å². The zero-order valence-corrected chi connectivity index (χ0v) is 12.0. The van der Waals surface area contributed by atoms with Crippen LogP contribution in [0.15, 0.2) is 24.3 Å². The van der Waals surface area contributed by atoms with Gasteiger partial charge in [-0.2, -0.15) is 0 Å². The number of nitrogens with one attached hydrogen (secondary N) is 1. The fraction of sp³-hybridized carbons (Fsp3) is 0.625. The van der Waals surface area contributed by atoms with E-state index in [4.69, 9.17) is 0 Å². The van der Waals surface area contributed by atoms with Crippen molar-refractivity contribution >= 4 is 0 Å². The fourth-order valence-corrected chi connectivity index (χ4v) is 2.80. The summed E-state index contributed by atoms with van der Waals surface area (Å²) in [6.45, 7) is 5.43. The third-order valence-corrected chi connectivity index (χ3v) is 4.37. The topological polar surface area (TPSA) is 15.3 Å². The molecule has 1 N–H and O–H groups in total. The Morgan fingerprint density at radius 3 is 2.68 bits per heavy atom. The maximum atomic E-state index is 13.8. The molecule has 0 amide bonds. The Morgan fingerprint density at radius 1 is 1.32 bits per heavy atom. The first-order valence-electron chi connectivity index (χ1n) is 7.34. The number of halogens is 1. The molecule has 3 heteroatoms. The minimum atomic E-state index is -0.0938. The van der Waals surface area contributed by atoms with Crippen molar-refractivity contribution in [1.29, 1.82) is 0 Å². The van der Waals surface area contributed by atoms with Gasteiger partial charge in [-0.1, -0.05) is 18.2 Å². The molecule has 1 atom stereocenters. The van der Waals surface area contributed by atoms with Crippen molar-refractivity contribution in [3.63, 3.8) is 0 Å². The van der Waals surface area contributed by atoms with Crippen LogP contribution in [-0.2, 0) is 0 Å². The Balaban J connectivity index is 1.85. The average molecular weight is 264 g/mol. The van der Waals surface area contributed by atoms with Crippen LogP contribution < -0.4 is 5.32 Å². The van der Waals surface area contributed by atoms with Gasteiger partial charge in [-0.25, -0.2) is 4.39 Å². The number of piperidine rings is 1. The van der Waals surface area contributed by atoms with Gasteiger partial charge < -0.3 is 5.32 Å². The Hall–Kier alpha value is -0.930. The van der Waals surface area contributed by atoms with Crippen molar-refractivity contribution in [2.24, 2.45) is 5.92 Å². The molecule has 0 saturated carbocycles. The summed E-state index contributed by atoms with van der Waals surface area (Å²) < 4.78 is 13.8. The summed E-state index contributed by atoms with van der Waals surface area (Å²) in [5.74, 6) is 0.736. The van der Waals surface area contributed by atoms with Crippen LogP contribution in [0.4, 0.5) is 4.39 Å². The highest BCUT2D eigenvalue weighted by atomic mass is 19.1. The molecule has 1 aliphatic heterocycles. The predicted octanol–water partition coefficient (Wildman–Crippen LogP) is 3.21. The molecule has 0 aliphatic carbocycles. The number of hydrogen-bond donors (Lipinski definition) is 1. The Morgan fingerprint density at radius 2 is 2.00 bits per heavy atom. The summed E-state index contributed by atoms with van der Waals surface area (Å²) in [6, 6.07) is 7.24. The second-order valence-electron chi connectivity index (χ2n) is 5.66. The first kappa shape index (κ1) is 14.5. The first-order chi connectivity index (χ1) is 9.18. The van der Waals surface area contributed by atoms with Crippen molar-refractivity contribution in [2.75, 3.05) is 26.7 Å². The molecule has 1 heterocycles. The van der Waals surface area contributed by atoms with E-state index in [-0.39, 0.29) is 11.9 Å². The summed E-state index contributed by atoms with van der Waals surface area (Å²) in [5.41, 5.74) is 0.801. The largest absolute Gasteiger partial charge is 0.317 e. The van der Waals surface area contributed by atoms with Crippen LogP contribution >= 0.6 is 0 Å². The summed E-state index contributed by atoms with van der Waals surface area (Å²) in [6.07, 6.45) is 3.78. The lowest BCUT2D eigenvalue weighted by molar-refractivity contribution is 0.222. The van der Waals surface area contributed by atoms with Crippen LogP contribution in [0.5, 0.6) is 0 Å². The van der Waals surface area contributed by atoms with Gasteiger partial charge in [0.2, 0.25) is 0 Å². The van der Waals surface area contributed by atoms with Gasteiger partial charge in [-0.3, -0.25) is 4.90 Å². The molecule has 0 radical (unpaired) electrons. The highest BCUT2D eigenvalue weighted by Crippen LogP contribution is 2.23. The molecule has 1 aromatic rings. The molecular formula is C16H25FN2. The molecule has 0 spiro atoms. The third kappa shape index (κ3) is 4.02. The zero-order valence-electron chi connectivity index (χ0n) is 12.0. The fourth-order valence-electron chi connectivity index (χ4n) is 2.80. The smallest absolute Gasteiger partial charge is 0.127 e. The third-order valence-electron chi connectivity index (χ3n) is 4.37. The highest BCUT2D eigenvalue weighted by Gasteiger charge is 2.18. The van der Waals surface area contributed by atoms with Crippen molar-refractivity contribution in [3.8, 4) is 0 Å². The molecule has 2 rings (SSSR count). The van der Waals surface area contributed by atoms with Gasteiger partial charge in [-0.15, -0.1) is 0 Å². The van der Waals surface area contributed by atoms with Crippen LogP contribution in [0, 0.1) is 11.7 Å². The van der Waals surface area contributed by atoms with E-state index in [1.165, 1.54) is 19.3 Å². The van der Waals surface area contributed by atoms with Gasteiger partial charge in [0.15, 0.2) is 0 Å². The SMILES string of the molecule is CC(c1ccccc1F)N(C)CCC1CCNCC1. The monoisotopic (exact) mass is 264 g/mol. The Labute approximate surface area is 116 Å². The van der Waals surface area contributed by atoms with Gasteiger partial charge in [0.1, 0.15) is 5.82 Å². The molecule has 19 heavy (non-hydrogen) atoms. The van der Waals surface area contributed by atoms with Crippen molar-refractivity contribution in [3.05, 3.63) is 35.6 Å². The molecule has 1 fully saturated rings. The van der Waals surface area contributed by atoms with Crippen LogP contribution in [0.2, 0.25) is 0 Å². The van der Waals surface area contributed by atoms with Gasteiger partial charge in [0.25, 0.3) is 0 Å². The molecule has 0 bridgehead atoms. The lowest BCUT2D eigenvalue weighted by atomic mass is 9.94. The Kier molecular flexibility index (Phi) is 5.34. The average Bonchev–Trinajstić information content (AvgIpc) is 2.45. The molecule has 1 saturated heterocycles. The van der Waals surface area contributed by atoms with Gasteiger partial charge in [-0.05, 0) is 64.9 Å². The van der Waals surface area contributed by atoms with Crippen molar-refractivity contribution in [1.82, 2.24) is 10.2 Å². The maximum absolute atomic E-state index is 13.8. The molecule has 1 aromatic carbocycles. The van der Waals surface area contributed by atoms with Crippen LogP contribution in [0.1, 0.15) is 37.8 Å². The van der Waals surface area contributed by atoms with E-state index >= 15 is 0 Å². The van der Waals surface area contributed by atoms with Gasteiger partial charge in [0, 0.05) is 11.6 Å². The lowest BCUT2D eigenvalue weighted by Crippen LogP contribution is -2.31. The van der Waals surface area contributed by atoms with Crippen molar-refractivity contribution < 1.29 is 4.39 Å². The highest BCUT2D eigenvalue weighted by molar-refractivity contribution is 5.20. The lowest BCUT2D eigenvalue weighted by Gasteiger charge is -2.29. The predicted molar refractivity (Wildman–Crippen MR) is 77.7 cm³/mol. The summed E-state index contributed by atoms with van der Waals surface area (Å²) >= 11 is 0. The van der Waals surface area contributed by atoms with E-state index in [0.29, 0.717) is 0 Å². The number of nitrogens with zero attached hydrogens (tertiary/aromatic N) is 1. The van der Waals surface area contributed by atoms with E-state index in [0.717, 1.165) is 31.1 Å². The van der Waals surface area contributed by atoms with Crippen LogP contribution in [0.3, 0.4) is 0 Å². The minimum absolute atomic E-state index is 0.0938. The molecule has 1 unspecified atom stereocenters. The summed E-state index contributed by atoms with van der Waals surface area (Å²) in [4.78, 5) is 2.26. The molecule has 0 aromatic heterocycles. The number of hydrogen-bond acceptors (Lipinski definition) is 2. The second-order valence-corrected chi connectivity index (χ2v) is 5.66. The molecule has 106 valence electrons. The number of rotatable bonds is 5. The van der Waals surface area contributed by atoms with E-state index in [1.54, 1.807) is 12.1 Å². The summed E-state index contributed by atoms with van der Waals surface area (Å²) in [7, 11) is 2.10. The quantitative estimate of drug-likeness (QED) is 0.878. The van der Waals surface area contributed by atoms with Crippen LogP contribution in [-0.4, -0.2) is 31.6 Å². The first-order valence-corrected chi connectivity index (χ1v) is 7.34. The van der Waals surface area contributed by atoms with Crippen LogP contribution in [0.25, 0.3) is 0 Å². The van der Waals surface area contributed by atoms with Crippen molar-refractivity contribution in [2.45, 2.75) is 32.2 Å². The second kappa shape index (κ2) is 7.01. The summed E-state index contributed by atoms with van der Waals surface area (Å²) in [5, 5.41) is 3.40. The number of benzene rings is 1. The molecule has 2 nitrogen and oxygen atoms in total. The Bertz CT molecular complexity index is 388. The normalized spacial score (nSPS) is 18.7. The van der Waals surface area contributed by atoms with Gasteiger partial charge >= 0.3 is 0 Å². The van der Waals surface area contributed by atoms with Gasteiger partial charge in [0.05, 0.1) is 0 Å².